The van der Waals surface area contributed by atoms with E-state index >= 15 is 0 Å². The zero-order valence-electron chi connectivity index (χ0n) is 16.0. The molecule has 28 heavy (non-hydrogen) atoms. The molecule has 3 aromatic rings. The summed E-state index contributed by atoms with van der Waals surface area (Å²) in [6, 6.07) is 13.2. The van der Waals surface area contributed by atoms with E-state index in [1.54, 1.807) is 25.6 Å². The van der Waals surface area contributed by atoms with Crippen LogP contribution in [0.5, 0.6) is 11.5 Å². The van der Waals surface area contributed by atoms with Gasteiger partial charge in [-0.3, -0.25) is 4.90 Å². The molecule has 0 aliphatic heterocycles. The molecule has 0 atom stereocenters. The highest BCUT2D eigenvalue weighted by Gasteiger charge is 2.29. The molecule has 0 radical (unpaired) electrons. The zero-order valence-corrected chi connectivity index (χ0v) is 16.8. The second kappa shape index (κ2) is 8.29. The molecule has 2 aromatic carbocycles. The average molecular weight is 399 g/mol. The van der Waals surface area contributed by atoms with Crippen LogP contribution < -0.4 is 9.47 Å². The number of hydrogen-bond donors (Lipinski definition) is 0. The van der Waals surface area contributed by atoms with Crippen LogP contribution in [0, 0.1) is 5.82 Å². The summed E-state index contributed by atoms with van der Waals surface area (Å²) in [5, 5.41) is 3.03. The van der Waals surface area contributed by atoms with Crippen molar-refractivity contribution < 1.29 is 13.9 Å². The molecule has 0 saturated heterocycles. The van der Waals surface area contributed by atoms with Crippen LogP contribution in [0.4, 0.5) is 4.39 Å². The smallest absolute Gasteiger partial charge is 0.170 e. The SMILES string of the molecule is COc1cccc(-c2nc(CN(Cc3ccc(F)cc3)C3CC3)cs2)c1OC. The first-order chi connectivity index (χ1) is 13.7. The summed E-state index contributed by atoms with van der Waals surface area (Å²) in [6.07, 6.45) is 2.42. The fourth-order valence-corrected chi connectivity index (χ4v) is 4.18. The minimum atomic E-state index is -0.196. The van der Waals surface area contributed by atoms with Crippen molar-refractivity contribution in [2.45, 2.75) is 32.0 Å². The second-order valence-electron chi connectivity index (χ2n) is 6.95. The van der Waals surface area contributed by atoms with Crippen LogP contribution in [0.2, 0.25) is 0 Å². The van der Waals surface area contributed by atoms with Crippen molar-refractivity contribution in [3.63, 3.8) is 0 Å². The van der Waals surface area contributed by atoms with Crippen molar-refractivity contribution in [3.8, 4) is 22.1 Å². The molecule has 0 N–H and O–H groups in total. The van der Waals surface area contributed by atoms with Crippen LogP contribution in [0.15, 0.2) is 47.8 Å². The molecule has 4 nitrogen and oxygen atoms in total. The van der Waals surface area contributed by atoms with E-state index in [-0.39, 0.29) is 5.82 Å². The van der Waals surface area contributed by atoms with Gasteiger partial charge in [0.2, 0.25) is 0 Å². The second-order valence-corrected chi connectivity index (χ2v) is 7.81. The van der Waals surface area contributed by atoms with Crippen LogP contribution in [0.3, 0.4) is 0 Å². The quantitative estimate of drug-likeness (QED) is 0.527. The van der Waals surface area contributed by atoms with Gasteiger partial charge in [-0.1, -0.05) is 18.2 Å². The lowest BCUT2D eigenvalue weighted by Crippen LogP contribution is -2.25. The molecule has 1 saturated carbocycles. The summed E-state index contributed by atoms with van der Waals surface area (Å²) in [4.78, 5) is 7.28. The van der Waals surface area contributed by atoms with E-state index in [2.05, 4.69) is 10.3 Å². The molecule has 4 rings (SSSR count). The van der Waals surface area contributed by atoms with E-state index in [1.807, 2.05) is 30.3 Å². The monoisotopic (exact) mass is 398 g/mol. The van der Waals surface area contributed by atoms with Crippen molar-refractivity contribution in [1.29, 1.82) is 0 Å². The Kier molecular flexibility index (Phi) is 5.59. The summed E-state index contributed by atoms with van der Waals surface area (Å²) in [6.45, 7) is 1.59. The Labute approximate surface area is 168 Å². The third-order valence-electron chi connectivity index (χ3n) is 4.91. The van der Waals surface area contributed by atoms with Crippen molar-refractivity contribution in [2.24, 2.45) is 0 Å². The normalized spacial score (nSPS) is 13.7. The number of nitrogens with zero attached hydrogens (tertiary/aromatic N) is 2. The molecule has 0 bridgehead atoms. The number of methoxy groups -OCH3 is 2. The van der Waals surface area contributed by atoms with Gasteiger partial charge >= 0.3 is 0 Å². The number of benzene rings is 2. The van der Waals surface area contributed by atoms with E-state index in [1.165, 1.54) is 25.0 Å². The lowest BCUT2D eigenvalue weighted by atomic mass is 10.2. The fourth-order valence-electron chi connectivity index (χ4n) is 3.35. The van der Waals surface area contributed by atoms with Crippen LogP contribution in [-0.4, -0.2) is 30.1 Å². The van der Waals surface area contributed by atoms with Gasteiger partial charge in [0.15, 0.2) is 11.5 Å². The van der Waals surface area contributed by atoms with Crippen LogP contribution in [0.25, 0.3) is 10.6 Å². The third-order valence-corrected chi connectivity index (χ3v) is 5.84. The maximum Gasteiger partial charge on any atom is 0.170 e. The number of aromatic nitrogens is 1. The predicted octanol–water partition coefficient (Wildman–Crippen LogP) is 5.13. The third kappa shape index (κ3) is 4.18. The van der Waals surface area contributed by atoms with Crippen molar-refractivity contribution >= 4 is 11.3 Å². The average Bonchev–Trinajstić information content (AvgIpc) is 3.47. The Balaban J connectivity index is 1.53. The van der Waals surface area contributed by atoms with E-state index < -0.39 is 0 Å². The van der Waals surface area contributed by atoms with E-state index in [9.17, 15) is 4.39 Å². The molecule has 1 fully saturated rings. The largest absolute Gasteiger partial charge is 0.493 e. The first kappa shape index (κ1) is 18.9. The van der Waals surface area contributed by atoms with Crippen LogP contribution in [0.1, 0.15) is 24.1 Å². The highest BCUT2D eigenvalue weighted by molar-refractivity contribution is 7.13. The van der Waals surface area contributed by atoms with Crippen LogP contribution >= 0.6 is 11.3 Å². The van der Waals surface area contributed by atoms with Gasteiger partial charge in [0.1, 0.15) is 10.8 Å². The lowest BCUT2D eigenvalue weighted by molar-refractivity contribution is 0.243. The minimum absolute atomic E-state index is 0.196. The first-order valence-corrected chi connectivity index (χ1v) is 10.2. The van der Waals surface area contributed by atoms with Gasteiger partial charge in [-0.15, -0.1) is 11.3 Å². The topological polar surface area (TPSA) is 34.6 Å². The van der Waals surface area contributed by atoms with Crippen molar-refractivity contribution in [1.82, 2.24) is 9.88 Å². The Bertz CT molecular complexity index is 938. The molecule has 0 amide bonds. The summed E-state index contributed by atoms with van der Waals surface area (Å²) >= 11 is 1.61. The molecule has 6 heteroatoms. The van der Waals surface area contributed by atoms with Crippen molar-refractivity contribution in [2.75, 3.05) is 14.2 Å². The molecular formula is C22H23FN2O2S. The number of halogens is 1. The maximum absolute atomic E-state index is 13.2. The fraction of sp³-hybridized carbons (Fsp3) is 0.318. The van der Waals surface area contributed by atoms with E-state index in [4.69, 9.17) is 14.5 Å². The number of para-hydroxylation sites is 1. The lowest BCUT2D eigenvalue weighted by Gasteiger charge is -2.21. The zero-order chi connectivity index (χ0) is 19.5. The summed E-state index contributed by atoms with van der Waals surface area (Å²) < 4.78 is 24.1. The summed E-state index contributed by atoms with van der Waals surface area (Å²) in [5.41, 5.74) is 3.10. The van der Waals surface area contributed by atoms with E-state index in [0.29, 0.717) is 17.5 Å². The van der Waals surface area contributed by atoms with Gasteiger partial charge in [0.25, 0.3) is 0 Å². The summed E-state index contributed by atoms with van der Waals surface area (Å²) in [5.74, 6) is 1.21. The minimum Gasteiger partial charge on any atom is -0.493 e. The number of rotatable bonds is 8. The summed E-state index contributed by atoms with van der Waals surface area (Å²) in [7, 11) is 3.28. The van der Waals surface area contributed by atoms with Gasteiger partial charge in [0.05, 0.1) is 25.5 Å². The Morgan fingerprint density at radius 2 is 1.86 bits per heavy atom. The van der Waals surface area contributed by atoms with Crippen LogP contribution in [-0.2, 0) is 13.1 Å². The molecule has 0 spiro atoms. The molecule has 1 aliphatic rings. The molecule has 1 aromatic heterocycles. The molecule has 1 heterocycles. The van der Waals surface area contributed by atoms with Gasteiger partial charge in [0, 0.05) is 24.5 Å². The molecule has 1 aliphatic carbocycles. The predicted molar refractivity (Wildman–Crippen MR) is 109 cm³/mol. The molecule has 0 unspecified atom stereocenters. The number of thiazole rings is 1. The maximum atomic E-state index is 13.2. The highest BCUT2D eigenvalue weighted by Crippen LogP contribution is 2.39. The highest BCUT2D eigenvalue weighted by atomic mass is 32.1. The standard InChI is InChI=1S/C22H23FN2O2S/c1-26-20-5-3-4-19(21(20)27-2)22-24-17(14-28-22)13-25(18-10-11-18)12-15-6-8-16(23)9-7-15/h3-9,14,18H,10-13H2,1-2H3. The first-order valence-electron chi connectivity index (χ1n) is 9.32. The van der Waals surface area contributed by atoms with Gasteiger partial charge in [-0.05, 0) is 42.7 Å². The van der Waals surface area contributed by atoms with Gasteiger partial charge in [-0.2, -0.15) is 0 Å². The number of ether oxygens (including phenoxy) is 2. The Hall–Kier alpha value is -2.44. The van der Waals surface area contributed by atoms with Gasteiger partial charge in [-0.25, -0.2) is 9.37 Å². The van der Waals surface area contributed by atoms with Gasteiger partial charge < -0.3 is 9.47 Å². The Morgan fingerprint density at radius 1 is 1.07 bits per heavy atom. The Morgan fingerprint density at radius 3 is 2.54 bits per heavy atom. The van der Waals surface area contributed by atoms with E-state index in [0.717, 1.165) is 34.9 Å². The molecule has 146 valence electrons. The number of hydrogen-bond acceptors (Lipinski definition) is 5. The molecular weight excluding hydrogens is 375 g/mol. The van der Waals surface area contributed by atoms with Crippen molar-refractivity contribution in [3.05, 3.63) is 64.9 Å².